The van der Waals surface area contributed by atoms with Gasteiger partial charge in [0, 0.05) is 16.9 Å². The average Bonchev–Trinajstić information content (AvgIpc) is 2.70. The number of carbonyl (C=O) groups excluding carboxylic acids is 1. The third kappa shape index (κ3) is 6.67. The van der Waals surface area contributed by atoms with Gasteiger partial charge in [0.05, 0.1) is 19.2 Å². The maximum absolute atomic E-state index is 10.9. The number of aliphatic imine (C=N–C) groups is 1. The molecule has 1 heterocycles. The van der Waals surface area contributed by atoms with Crippen molar-refractivity contribution >= 4 is 52.6 Å². The van der Waals surface area contributed by atoms with Crippen molar-refractivity contribution in [3.8, 4) is 0 Å². The van der Waals surface area contributed by atoms with Gasteiger partial charge in [-0.3, -0.25) is 4.79 Å². The molecule has 0 radical (unpaired) electrons. The number of nitrogens with two attached hydrogens (primary N) is 2. The van der Waals surface area contributed by atoms with Gasteiger partial charge in [0.2, 0.25) is 5.13 Å². The van der Waals surface area contributed by atoms with Gasteiger partial charge in [-0.2, -0.15) is 16.8 Å². The zero-order valence-electron chi connectivity index (χ0n) is 9.79. The SMILES string of the molecule is COC(=O)CCSCc1csc(N=C(N)N)n1.Cl. The van der Waals surface area contributed by atoms with Crippen molar-refractivity contribution in [1.29, 1.82) is 0 Å². The summed E-state index contributed by atoms with van der Waals surface area (Å²) in [4.78, 5) is 18.9. The Balaban J connectivity index is 0.00000289. The van der Waals surface area contributed by atoms with Crippen LogP contribution in [0.4, 0.5) is 5.13 Å². The smallest absolute Gasteiger partial charge is 0.306 e. The number of aromatic nitrogens is 1. The molecule has 0 saturated carbocycles. The van der Waals surface area contributed by atoms with E-state index in [1.54, 1.807) is 11.8 Å². The molecule has 0 aliphatic heterocycles. The molecule has 102 valence electrons. The number of thioether (sulfide) groups is 1. The molecule has 6 nitrogen and oxygen atoms in total. The summed E-state index contributed by atoms with van der Waals surface area (Å²) in [6, 6.07) is 0. The molecule has 0 aliphatic carbocycles. The van der Waals surface area contributed by atoms with Crippen molar-refractivity contribution < 1.29 is 9.53 Å². The largest absolute Gasteiger partial charge is 0.469 e. The van der Waals surface area contributed by atoms with Gasteiger partial charge in [0.25, 0.3) is 0 Å². The van der Waals surface area contributed by atoms with E-state index in [2.05, 4.69) is 14.7 Å². The second kappa shape index (κ2) is 9.01. The maximum Gasteiger partial charge on any atom is 0.306 e. The molecule has 1 aromatic heterocycles. The van der Waals surface area contributed by atoms with Crippen LogP contribution in [0.5, 0.6) is 0 Å². The highest BCUT2D eigenvalue weighted by molar-refractivity contribution is 7.98. The van der Waals surface area contributed by atoms with Gasteiger partial charge in [-0.05, 0) is 0 Å². The first kappa shape index (κ1) is 17.0. The van der Waals surface area contributed by atoms with E-state index in [9.17, 15) is 4.79 Å². The molecule has 0 fully saturated rings. The third-order valence-electron chi connectivity index (χ3n) is 1.69. The van der Waals surface area contributed by atoms with Gasteiger partial charge in [0.15, 0.2) is 5.96 Å². The summed E-state index contributed by atoms with van der Waals surface area (Å²) in [5.41, 5.74) is 11.4. The number of halogens is 1. The number of esters is 1. The van der Waals surface area contributed by atoms with Crippen LogP contribution in [0.3, 0.4) is 0 Å². The van der Waals surface area contributed by atoms with Crippen LogP contribution in [0.15, 0.2) is 10.4 Å². The molecule has 9 heteroatoms. The van der Waals surface area contributed by atoms with E-state index in [4.69, 9.17) is 11.5 Å². The molecule has 18 heavy (non-hydrogen) atoms. The highest BCUT2D eigenvalue weighted by atomic mass is 35.5. The minimum atomic E-state index is -0.197. The lowest BCUT2D eigenvalue weighted by Crippen LogP contribution is -2.21. The van der Waals surface area contributed by atoms with Crippen molar-refractivity contribution in [3.05, 3.63) is 11.1 Å². The number of thiazole rings is 1. The van der Waals surface area contributed by atoms with E-state index < -0.39 is 0 Å². The molecule has 0 aromatic carbocycles. The van der Waals surface area contributed by atoms with Crippen molar-refractivity contribution in [2.45, 2.75) is 12.2 Å². The molecule has 1 aromatic rings. The van der Waals surface area contributed by atoms with Gasteiger partial charge in [-0.15, -0.1) is 23.7 Å². The Morgan fingerprint density at radius 2 is 2.33 bits per heavy atom. The number of hydrogen-bond acceptors (Lipinski definition) is 6. The second-order valence-electron chi connectivity index (χ2n) is 3.04. The number of carbonyl (C=O) groups is 1. The van der Waals surface area contributed by atoms with Gasteiger partial charge in [-0.1, -0.05) is 0 Å². The first-order valence-corrected chi connectivity index (χ1v) is 6.84. The zero-order valence-corrected chi connectivity index (χ0v) is 12.2. The van der Waals surface area contributed by atoms with Crippen LogP contribution >= 0.6 is 35.5 Å². The van der Waals surface area contributed by atoms with Crippen molar-refractivity contribution in [2.24, 2.45) is 16.5 Å². The van der Waals surface area contributed by atoms with E-state index in [0.717, 1.165) is 11.4 Å². The van der Waals surface area contributed by atoms with Crippen LogP contribution < -0.4 is 11.5 Å². The van der Waals surface area contributed by atoms with Gasteiger partial charge in [-0.25, -0.2) is 4.98 Å². The first-order valence-electron chi connectivity index (χ1n) is 4.80. The van der Waals surface area contributed by atoms with Crippen LogP contribution in [0.25, 0.3) is 0 Å². The monoisotopic (exact) mass is 310 g/mol. The van der Waals surface area contributed by atoms with Gasteiger partial charge < -0.3 is 16.2 Å². The summed E-state index contributed by atoms with van der Waals surface area (Å²) < 4.78 is 4.54. The standard InChI is InChI=1S/C9H14N4O2S2.ClH/c1-15-7(14)2-3-16-4-6-5-17-9(12-6)13-8(10)11;/h5H,2-4H2,1H3,(H4,10,11,12,13);1H. The van der Waals surface area contributed by atoms with Crippen LogP contribution in [0, 0.1) is 0 Å². The lowest BCUT2D eigenvalue weighted by Gasteiger charge is -1.98. The Kier molecular flexibility index (Phi) is 8.51. The minimum Gasteiger partial charge on any atom is -0.469 e. The topological polar surface area (TPSA) is 104 Å². The number of guanidine groups is 1. The van der Waals surface area contributed by atoms with Crippen LogP contribution in [-0.4, -0.2) is 29.8 Å². The fourth-order valence-electron chi connectivity index (χ4n) is 0.959. The van der Waals surface area contributed by atoms with Gasteiger partial charge in [0.1, 0.15) is 0 Å². The van der Waals surface area contributed by atoms with E-state index in [1.165, 1.54) is 18.4 Å². The minimum absolute atomic E-state index is 0. The summed E-state index contributed by atoms with van der Waals surface area (Å²) in [5, 5.41) is 2.45. The zero-order chi connectivity index (χ0) is 12.7. The summed E-state index contributed by atoms with van der Waals surface area (Å²) in [6.45, 7) is 0. The molecule has 1 rings (SSSR count). The van der Waals surface area contributed by atoms with E-state index in [1.807, 2.05) is 5.38 Å². The fourth-order valence-corrected chi connectivity index (χ4v) is 2.58. The molecule has 0 saturated heterocycles. The van der Waals surface area contributed by atoms with Crippen molar-refractivity contribution in [2.75, 3.05) is 12.9 Å². The predicted molar refractivity (Wildman–Crippen MR) is 77.6 cm³/mol. The lowest BCUT2D eigenvalue weighted by atomic mass is 10.5. The van der Waals surface area contributed by atoms with Crippen molar-refractivity contribution in [3.63, 3.8) is 0 Å². The normalized spacial score (nSPS) is 9.39. The number of nitrogens with zero attached hydrogens (tertiary/aromatic N) is 2. The molecule has 0 unspecified atom stereocenters. The Labute approximate surface area is 120 Å². The Bertz CT molecular complexity index is 407. The van der Waals surface area contributed by atoms with E-state index in [0.29, 0.717) is 17.3 Å². The lowest BCUT2D eigenvalue weighted by molar-refractivity contribution is -0.140. The van der Waals surface area contributed by atoms with Crippen LogP contribution in [-0.2, 0) is 15.3 Å². The molecule has 0 aliphatic rings. The van der Waals surface area contributed by atoms with Crippen LogP contribution in [0.1, 0.15) is 12.1 Å². The number of hydrogen-bond donors (Lipinski definition) is 2. The third-order valence-corrected chi connectivity index (χ3v) is 3.47. The second-order valence-corrected chi connectivity index (χ2v) is 4.98. The molecule has 0 bridgehead atoms. The van der Waals surface area contributed by atoms with Gasteiger partial charge >= 0.3 is 5.97 Å². The number of rotatable bonds is 6. The highest BCUT2D eigenvalue weighted by Gasteiger charge is 2.03. The fraction of sp³-hybridized carbons (Fsp3) is 0.444. The van der Waals surface area contributed by atoms with Crippen LogP contribution in [0.2, 0.25) is 0 Å². The average molecular weight is 311 g/mol. The molecule has 0 amide bonds. The maximum atomic E-state index is 10.9. The molecular formula is C9H15ClN4O2S2. The summed E-state index contributed by atoms with van der Waals surface area (Å²) >= 11 is 3.00. The predicted octanol–water partition coefficient (Wildman–Crippen LogP) is 1.27. The highest BCUT2D eigenvalue weighted by Crippen LogP contribution is 2.21. The summed E-state index contributed by atoms with van der Waals surface area (Å²) in [5.74, 6) is 1.25. The molecule has 0 atom stereocenters. The summed E-state index contributed by atoms with van der Waals surface area (Å²) in [6.07, 6.45) is 0.409. The molecular weight excluding hydrogens is 296 g/mol. The molecule has 4 N–H and O–H groups in total. The van der Waals surface area contributed by atoms with Crippen molar-refractivity contribution in [1.82, 2.24) is 4.98 Å². The number of ether oxygens (including phenoxy) is 1. The van der Waals surface area contributed by atoms with E-state index in [-0.39, 0.29) is 24.3 Å². The summed E-state index contributed by atoms with van der Waals surface area (Å²) in [7, 11) is 1.38. The number of methoxy groups -OCH3 is 1. The molecule has 0 spiro atoms. The van der Waals surface area contributed by atoms with E-state index >= 15 is 0 Å². The quantitative estimate of drug-likeness (QED) is 0.355. The Hall–Kier alpha value is -0.990. The first-order chi connectivity index (χ1) is 8.11. The Morgan fingerprint density at radius 1 is 1.61 bits per heavy atom. The Morgan fingerprint density at radius 3 is 2.94 bits per heavy atom.